The van der Waals surface area contributed by atoms with E-state index in [1.807, 2.05) is 30.3 Å². The molecule has 0 saturated carbocycles. The molecule has 0 aliphatic rings. The first-order chi connectivity index (χ1) is 11.6. The molecule has 1 amide bonds. The van der Waals surface area contributed by atoms with Gasteiger partial charge in [-0.2, -0.15) is 0 Å². The summed E-state index contributed by atoms with van der Waals surface area (Å²) >= 11 is 3.19. The lowest BCUT2D eigenvalue weighted by molar-refractivity contribution is 0.0695. The first-order valence-electron chi connectivity index (χ1n) is 7.20. The molecule has 0 spiro atoms. The van der Waals surface area contributed by atoms with Gasteiger partial charge in [0.1, 0.15) is 6.61 Å². The molecule has 124 valence electrons. The van der Waals surface area contributed by atoms with Gasteiger partial charge in [0.05, 0.1) is 5.56 Å². The zero-order valence-corrected chi connectivity index (χ0v) is 14.3. The Kier molecular flexibility index (Phi) is 6.57. The van der Waals surface area contributed by atoms with E-state index in [9.17, 15) is 9.59 Å². The maximum absolute atomic E-state index is 11.6. The number of carboxylic acids is 1. The Balaban J connectivity index is 1.79. The SMILES string of the molecule is O=C(NCC=Cc1ccc(Br)c(C(=O)O)c1)OCc1ccccc1. The summed E-state index contributed by atoms with van der Waals surface area (Å²) in [6, 6.07) is 14.4. The molecule has 2 aromatic rings. The number of hydrogen-bond donors (Lipinski definition) is 2. The highest BCUT2D eigenvalue weighted by molar-refractivity contribution is 9.10. The highest BCUT2D eigenvalue weighted by atomic mass is 79.9. The molecule has 2 N–H and O–H groups in total. The van der Waals surface area contributed by atoms with Crippen LogP contribution in [0.3, 0.4) is 0 Å². The van der Waals surface area contributed by atoms with E-state index in [2.05, 4.69) is 21.2 Å². The van der Waals surface area contributed by atoms with Gasteiger partial charge in [-0.05, 0) is 39.2 Å². The van der Waals surface area contributed by atoms with Crippen LogP contribution < -0.4 is 5.32 Å². The number of alkyl carbamates (subject to hydrolysis) is 1. The molecular formula is C18H16BrNO4. The van der Waals surface area contributed by atoms with Crippen LogP contribution in [0.5, 0.6) is 0 Å². The second kappa shape index (κ2) is 8.88. The highest BCUT2D eigenvalue weighted by Crippen LogP contribution is 2.19. The number of carboxylic acid groups (broad SMARTS) is 1. The third-order valence-electron chi connectivity index (χ3n) is 3.11. The lowest BCUT2D eigenvalue weighted by Gasteiger charge is -2.05. The fourth-order valence-corrected chi connectivity index (χ4v) is 2.34. The van der Waals surface area contributed by atoms with E-state index in [-0.39, 0.29) is 18.7 Å². The van der Waals surface area contributed by atoms with Gasteiger partial charge in [-0.25, -0.2) is 9.59 Å². The summed E-state index contributed by atoms with van der Waals surface area (Å²) in [6.45, 7) is 0.497. The Morgan fingerprint density at radius 3 is 2.62 bits per heavy atom. The van der Waals surface area contributed by atoms with E-state index in [1.54, 1.807) is 30.4 Å². The van der Waals surface area contributed by atoms with E-state index in [1.165, 1.54) is 0 Å². The lowest BCUT2D eigenvalue weighted by atomic mass is 10.1. The molecule has 0 unspecified atom stereocenters. The number of carbonyl (C=O) groups excluding carboxylic acids is 1. The molecule has 2 rings (SSSR count). The summed E-state index contributed by atoms with van der Waals surface area (Å²) in [5, 5.41) is 11.7. The molecule has 0 fully saturated rings. The quantitative estimate of drug-likeness (QED) is 0.779. The van der Waals surface area contributed by atoms with Crippen molar-refractivity contribution in [3.05, 3.63) is 75.8 Å². The van der Waals surface area contributed by atoms with Crippen LogP contribution in [-0.2, 0) is 11.3 Å². The molecule has 0 radical (unpaired) electrons. The van der Waals surface area contributed by atoms with Crippen LogP contribution in [0, 0.1) is 0 Å². The Morgan fingerprint density at radius 2 is 1.92 bits per heavy atom. The number of ether oxygens (including phenoxy) is 1. The summed E-state index contributed by atoms with van der Waals surface area (Å²) in [4.78, 5) is 22.6. The van der Waals surface area contributed by atoms with Crippen molar-refractivity contribution in [1.82, 2.24) is 5.32 Å². The zero-order valence-electron chi connectivity index (χ0n) is 12.7. The zero-order chi connectivity index (χ0) is 17.4. The molecular weight excluding hydrogens is 374 g/mol. The molecule has 0 atom stereocenters. The van der Waals surface area contributed by atoms with Gasteiger partial charge in [0.2, 0.25) is 0 Å². The monoisotopic (exact) mass is 389 g/mol. The highest BCUT2D eigenvalue weighted by Gasteiger charge is 2.07. The van der Waals surface area contributed by atoms with Gasteiger partial charge < -0.3 is 15.2 Å². The second-order valence-electron chi connectivity index (χ2n) is 4.89. The standard InChI is InChI=1S/C18H16BrNO4/c19-16-9-8-13(11-15(16)17(21)22)7-4-10-20-18(23)24-12-14-5-2-1-3-6-14/h1-9,11H,10,12H2,(H,20,23)(H,21,22). The minimum atomic E-state index is -1.00. The van der Waals surface area contributed by atoms with Gasteiger partial charge in [-0.1, -0.05) is 48.6 Å². The average Bonchev–Trinajstić information content (AvgIpc) is 2.59. The molecule has 0 aromatic heterocycles. The van der Waals surface area contributed by atoms with E-state index < -0.39 is 12.1 Å². The normalized spacial score (nSPS) is 10.5. The summed E-state index contributed by atoms with van der Waals surface area (Å²) in [6.07, 6.45) is 2.94. The number of nitrogens with one attached hydrogen (secondary N) is 1. The molecule has 0 aliphatic heterocycles. The number of hydrogen-bond acceptors (Lipinski definition) is 3. The van der Waals surface area contributed by atoms with Gasteiger partial charge in [0.25, 0.3) is 0 Å². The summed E-state index contributed by atoms with van der Waals surface area (Å²) in [7, 11) is 0. The minimum Gasteiger partial charge on any atom is -0.478 e. The lowest BCUT2D eigenvalue weighted by Crippen LogP contribution is -2.24. The first kappa shape index (κ1) is 17.7. The molecule has 2 aromatic carbocycles. The van der Waals surface area contributed by atoms with Gasteiger partial charge in [-0.15, -0.1) is 0 Å². The van der Waals surface area contributed by atoms with Gasteiger partial charge in [0, 0.05) is 11.0 Å². The van der Waals surface area contributed by atoms with Crippen LogP contribution >= 0.6 is 15.9 Å². The van der Waals surface area contributed by atoms with E-state index >= 15 is 0 Å². The minimum absolute atomic E-state index is 0.187. The van der Waals surface area contributed by atoms with Crippen LogP contribution in [0.15, 0.2) is 59.1 Å². The van der Waals surface area contributed by atoms with E-state index in [4.69, 9.17) is 9.84 Å². The fourth-order valence-electron chi connectivity index (χ4n) is 1.92. The van der Waals surface area contributed by atoms with Crippen LogP contribution in [0.25, 0.3) is 6.08 Å². The summed E-state index contributed by atoms with van der Waals surface area (Å²) in [5.41, 5.74) is 1.83. The van der Waals surface area contributed by atoms with Crippen LogP contribution in [0.2, 0.25) is 0 Å². The van der Waals surface area contributed by atoms with Crippen molar-refractivity contribution >= 4 is 34.1 Å². The predicted octanol–water partition coefficient (Wildman–Crippen LogP) is 4.09. The van der Waals surface area contributed by atoms with Gasteiger partial charge in [-0.3, -0.25) is 0 Å². The van der Waals surface area contributed by atoms with Crippen molar-refractivity contribution in [1.29, 1.82) is 0 Å². The van der Waals surface area contributed by atoms with Crippen LogP contribution in [0.4, 0.5) is 4.79 Å². The average molecular weight is 390 g/mol. The summed E-state index contributed by atoms with van der Waals surface area (Å²) in [5.74, 6) is -1.00. The maximum atomic E-state index is 11.6. The van der Waals surface area contributed by atoms with Crippen molar-refractivity contribution in [2.75, 3.05) is 6.54 Å². The molecule has 0 bridgehead atoms. The number of aromatic carboxylic acids is 1. The van der Waals surface area contributed by atoms with Crippen molar-refractivity contribution in [3.63, 3.8) is 0 Å². The predicted molar refractivity (Wildman–Crippen MR) is 94.8 cm³/mol. The van der Waals surface area contributed by atoms with Crippen LogP contribution in [0.1, 0.15) is 21.5 Å². The fraction of sp³-hybridized carbons (Fsp3) is 0.111. The second-order valence-corrected chi connectivity index (χ2v) is 5.74. The molecule has 0 saturated heterocycles. The van der Waals surface area contributed by atoms with Crippen molar-refractivity contribution in [2.45, 2.75) is 6.61 Å². The van der Waals surface area contributed by atoms with Crippen molar-refractivity contribution < 1.29 is 19.4 Å². The Bertz CT molecular complexity index is 744. The first-order valence-corrected chi connectivity index (χ1v) is 7.99. The number of rotatable bonds is 6. The number of halogens is 1. The summed E-state index contributed by atoms with van der Waals surface area (Å²) < 4.78 is 5.60. The third kappa shape index (κ3) is 5.55. The van der Waals surface area contributed by atoms with Crippen molar-refractivity contribution in [3.8, 4) is 0 Å². The smallest absolute Gasteiger partial charge is 0.407 e. The van der Waals surface area contributed by atoms with Crippen LogP contribution in [-0.4, -0.2) is 23.7 Å². The Hall–Kier alpha value is -2.60. The Morgan fingerprint density at radius 1 is 1.17 bits per heavy atom. The molecule has 0 heterocycles. The molecule has 5 nitrogen and oxygen atoms in total. The molecule has 24 heavy (non-hydrogen) atoms. The Labute approximate surface area is 148 Å². The van der Waals surface area contributed by atoms with Gasteiger partial charge in [0.15, 0.2) is 0 Å². The number of amides is 1. The molecule has 0 aliphatic carbocycles. The number of benzene rings is 2. The number of carbonyl (C=O) groups is 2. The topological polar surface area (TPSA) is 75.6 Å². The molecule has 6 heteroatoms. The van der Waals surface area contributed by atoms with E-state index in [0.717, 1.165) is 11.1 Å². The van der Waals surface area contributed by atoms with Crippen molar-refractivity contribution in [2.24, 2.45) is 0 Å². The largest absolute Gasteiger partial charge is 0.478 e. The van der Waals surface area contributed by atoms with E-state index in [0.29, 0.717) is 4.47 Å². The van der Waals surface area contributed by atoms with Gasteiger partial charge >= 0.3 is 12.1 Å². The maximum Gasteiger partial charge on any atom is 0.407 e. The third-order valence-corrected chi connectivity index (χ3v) is 3.80.